The lowest BCUT2D eigenvalue weighted by molar-refractivity contribution is -0.142. The summed E-state index contributed by atoms with van der Waals surface area (Å²) < 4.78 is 0. The van der Waals surface area contributed by atoms with E-state index < -0.39 is 79.0 Å². The molecule has 0 aromatic heterocycles. The van der Waals surface area contributed by atoms with Crippen LogP contribution < -0.4 is 33.2 Å². The molecule has 0 heterocycles. The van der Waals surface area contributed by atoms with Crippen LogP contribution in [0.4, 0.5) is 0 Å². The van der Waals surface area contributed by atoms with E-state index in [1.54, 1.807) is 0 Å². The van der Waals surface area contributed by atoms with E-state index in [2.05, 4.69) is 16.0 Å². The molecule has 30 heavy (non-hydrogen) atoms. The summed E-state index contributed by atoms with van der Waals surface area (Å²) in [5.41, 5.74) is 15.3. The van der Waals surface area contributed by atoms with Crippen molar-refractivity contribution >= 4 is 41.5 Å². The fraction of sp³-hybridized carbons (Fsp3) is 0.533. The number of carbonyl (C=O) groups is 7. The topological polar surface area (TPSA) is 274 Å². The number of nitrogens with two attached hydrogens (primary N) is 3. The molecule has 0 aromatic carbocycles. The summed E-state index contributed by atoms with van der Waals surface area (Å²) in [6.45, 7) is -0.731. The Bertz CT molecular complexity index is 711. The average molecular weight is 432 g/mol. The highest BCUT2D eigenvalue weighted by molar-refractivity contribution is 5.95. The molecule has 0 aliphatic carbocycles. The summed E-state index contributed by atoms with van der Waals surface area (Å²) in [6, 6.07) is -4.49. The Morgan fingerprint density at radius 1 is 0.800 bits per heavy atom. The van der Waals surface area contributed by atoms with E-state index >= 15 is 0 Å². The molecule has 0 spiro atoms. The zero-order valence-corrected chi connectivity index (χ0v) is 15.8. The maximum absolute atomic E-state index is 12.1. The highest BCUT2D eigenvalue weighted by Gasteiger charge is 2.27. The van der Waals surface area contributed by atoms with Gasteiger partial charge in [-0.3, -0.25) is 28.8 Å². The number of rotatable bonds is 14. The predicted molar refractivity (Wildman–Crippen MR) is 97.0 cm³/mol. The van der Waals surface area contributed by atoms with Crippen molar-refractivity contribution in [3.8, 4) is 0 Å². The van der Waals surface area contributed by atoms with Crippen LogP contribution in [-0.2, 0) is 33.6 Å². The Hall–Kier alpha value is -3.75. The smallest absolute Gasteiger partial charge is 0.326 e. The van der Waals surface area contributed by atoms with Gasteiger partial charge in [0, 0.05) is 6.42 Å². The molecular weight excluding hydrogens is 408 g/mol. The number of carboxylic acids is 2. The van der Waals surface area contributed by atoms with Gasteiger partial charge in [0.2, 0.25) is 29.5 Å². The molecule has 0 saturated carbocycles. The molecule has 0 aromatic rings. The van der Waals surface area contributed by atoms with Gasteiger partial charge < -0.3 is 43.4 Å². The zero-order chi connectivity index (χ0) is 23.4. The second-order valence-electron chi connectivity index (χ2n) is 6.12. The summed E-state index contributed by atoms with van der Waals surface area (Å²) >= 11 is 0. The van der Waals surface area contributed by atoms with Crippen LogP contribution in [0.2, 0.25) is 0 Å². The minimum Gasteiger partial charge on any atom is -0.481 e. The van der Waals surface area contributed by atoms with Crippen LogP contribution in [0.3, 0.4) is 0 Å². The van der Waals surface area contributed by atoms with Gasteiger partial charge >= 0.3 is 11.9 Å². The second kappa shape index (κ2) is 12.7. The Labute approximate surface area is 169 Å². The molecule has 0 radical (unpaired) electrons. The third-order valence-corrected chi connectivity index (χ3v) is 3.51. The van der Waals surface area contributed by atoms with Gasteiger partial charge in [-0.15, -0.1) is 0 Å². The summed E-state index contributed by atoms with van der Waals surface area (Å²) in [4.78, 5) is 79.3. The van der Waals surface area contributed by atoms with Gasteiger partial charge in [0.1, 0.15) is 12.1 Å². The maximum atomic E-state index is 12.1. The van der Waals surface area contributed by atoms with E-state index in [9.17, 15) is 33.6 Å². The second-order valence-corrected chi connectivity index (χ2v) is 6.12. The van der Waals surface area contributed by atoms with Gasteiger partial charge in [0.25, 0.3) is 0 Å². The highest BCUT2D eigenvalue weighted by Crippen LogP contribution is 1.98. The molecular formula is C15H24N6O9. The number of carboxylic acid groups (broad SMARTS) is 2. The van der Waals surface area contributed by atoms with E-state index in [0.29, 0.717) is 0 Å². The lowest BCUT2D eigenvalue weighted by atomic mass is 10.1. The monoisotopic (exact) mass is 432 g/mol. The van der Waals surface area contributed by atoms with E-state index in [1.807, 2.05) is 0 Å². The van der Waals surface area contributed by atoms with Crippen LogP contribution in [0.1, 0.15) is 25.7 Å². The largest absolute Gasteiger partial charge is 0.481 e. The van der Waals surface area contributed by atoms with Crippen molar-refractivity contribution in [1.82, 2.24) is 16.0 Å². The maximum Gasteiger partial charge on any atom is 0.326 e. The molecule has 0 aliphatic heterocycles. The fourth-order valence-electron chi connectivity index (χ4n) is 2.05. The quantitative estimate of drug-likeness (QED) is 0.129. The molecule has 11 N–H and O–H groups in total. The van der Waals surface area contributed by atoms with Crippen LogP contribution in [-0.4, -0.2) is 76.4 Å². The van der Waals surface area contributed by atoms with Crippen molar-refractivity contribution in [2.24, 2.45) is 17.2 Å². The van der Waals surface area contributed by atoms with Gasteiger partial charge in [-0.1, -0.05) is 0 Å². The molecule has 5 amide bonds. The third kappa shape index (κ3) is 11.2. The number of nitrogens with one attached hydrogen (secondary N) is 3. The fourth-order valence-corrected chi connectivity index (χ4v) is 2.05. The van der Waals surface area contributed by atoms with Crippen molar-refractivity contribution in [3.05, 3.63) is 0 Å². The van der Waals surface area contributed by atoms with Gasteiger partial charge in [0.15, 0.2) is 0 Å². The van der Waals surface area contributed by atoms with E-state index in [-0.39, 0.29) is 12.8 Å². The molecule has 0 rings (SSSR count). The number of carbonyl (C=O) groups excluding carboxylic acids is 5. The molecule has 0 bridgehead atoms. The van der Waals surface area contributed by atoms with Crippen molar-refractivity contribution < 1.29 is 43.8 Å². The number of aliphatic carboxylic acids is 2. The minimum atomic E-state index is -1.55. The normalized spacial score (nSPS) is 13.2. The van der Waals surface area contributed by atoms with Crippen molar-refractivity contribution in [2.45, 2.75) is 43.8 Å². The Morgan fingerprint density at radius 3 is 1.87 bits per heavy atom. The van der Waals surface area contributed by atoms with Gasteiger partial charge in [-0.05, 0) is 6.42 Å². The first-order chi connectivity index (χ1) is 13.8. The van der Waals surface area contributed by atoms with Crippen LogP contribution >= 0.6 is 0 Å². The number of primary amides is 2. The Morgan fingerprint density at radius 2 is 1.40 bits per heavy atom. The molecule has 3 atom stereocenters. The standard InChI is InChI=1S/C15H24N6O9/c16-6(3-12(25)26)13(27)21-8(4-10(18)23)14(28)19-5-11(24)20-7(15(29)30)1-2-9(17)22/h6-8H,1-5,16H2,(H2,17,22)(H2,18,23)(H,19,28)(H,20,24)(H,21,27)(H,25,26)(H,29,30). The molecule has 0 fully saturated rings. The third-order valence-electron chi connectivity index (χ3n) is 3.51. The number of hydrogen-bond donors (Lipinski definition) is 8. The zero-order valence-electron chi connectivity index (χ0n) is 15.8. The SMILES string of the molecule is NC(=O)CCC(NC(=O)CNC(=O)C(CC(N)=O)NC(=O)C(N)CC(=O)O)C(=O)O. The summed E-state index contributed by atoms with van der Waals surface area (Å²) in [5, 5.41) is 23.8. The van der Waals surface area contributed by atoms with Crippen molar-refractivity contribution in [2.75, 3.05) is 6.54 Å². The minimum absolute atomic E-state index is 0.272. The van der Waals surface area contributed by atoms with E-state index in [4.69, 9.17) is 27.4 Å². The van der Waals surface area contributed by atoms with Gasteiger partial charge in [0.05, 0.1) is 25.4 Å². The van der Waals surface area contributed by atoms with Crippen molar-refractivity contribution in [3.63, 3.8) is 0 Å². The number of amides is 5. The first kappa shape index (κ1) is 26.2. The summed E-state index contributed by atoms with van der Waals surface area (Å²) in [7, 11) is 0. The number of hydrogen-bond acceptors (Lipinski definition) is 8. The van der Waals surface area contributed by atoms with Crippen LogP contribution in [0.15, 0.2) is 0 Å². The summed E-state index contributed by atoms with van der Waals surface area (Å²) in [6.07, 6.45) is -1.98. The predicted octanol–water partition coefficient (Wildman–Crippen LogP) is -4.90. The van der Waals surface area contributed by atoms with Crippen LogP contribution in [0, 0.1) is 0 Å². The van der Waals surface area contributed by atoms with Gasteiger partial charge in [-0.25, -0.2) is 4.79 Å². The Balaban J connectivity index is 4.87. The Kier molecular flexibility index (Phi) is 11.1. The van der Waals surface area contributed by atoms with E-state index in [1.165, 1.54) is 0 Å². The first-order valence-electron chi connectivity index (χ1n) is 8.47. The highest BCUT2D eigenvalue weighted by atomic mass is 16.4. The lowest BCUT2D eigenvalue weighted by Crippen LogP contribution is -2.54. The summed E-state index contributed by atoms with van der Waals surface area (Å²) in [5.74, 6) is -7.55. The van der Waals surface area contributed by atoms with Crippen LogP contribution in [0.5, 0.6) is 0 Å². The van der Waals surface area contributed by atoms with Crippen LogP contribution in [0.25, 0.3) is 0 Å². The average Bonchev–Trinajstić information content (AvgIpc) is 2.60. The molecule has 15 heteroatoms. The van der Waals surface area contributed by atoms with Crippen molar-refractivity contribution in [1.29, 1.82) is 0 Å². The molecule has 0 saturated heterocycles. The van der Waals surface area contributed by atoms with Gasteiger partial charge in [-0.2, -0.15) is 0 Å². The molecule has 0 aliphatic rings. The molecule has 168 valence electrons. The first-order valence-corrected chi connectivity index (χ1v) is 8.47. The van der Waals surface area contributed by atoms with E-state index in [0.717, 1.165) is 0 Å². The molecule has 15 nitrogen and oxygen atoms in total. The molecule has 3 unspecified atom stereocenters. The lowest BCUT2D eigenvalue weighted by Gasteiger charge is -2.19.